The first-order chi connectivity index (χ1) is 9.10. The number of aromatic nitrogens is 3. The summed E-state index contributed by atoms with van der Waals surface area (Å²) in [5.41, 5.74) is 13.0. The fourth-order valence-electron chi connectivity index (χ4n) is 2.42. The first-order valence-electron chi connectivity index (χ1n) is 6.91. The SMILES string of the molecule is CC(C)C(CCN)CCc1nc2nc(N)ccc2[nH]1. The van der Waals surface area contributed by atoms with Crippen molar-refractivity contribution in [1.82, 2.24) is 15.0 Å². The molecule has 19 heavy (non-hydrogen) atoms. The summed E-state index contributed by atoms with van der Waals surface area (Å²) in [6.45, 7) is 5.25. The number of nitrogens with zero attached hydrogens (tertiary/aromatic N) is 2. The number of pyridine rings is 1. The maximum Gasteiger partial charge on any atom is 0.179 e. The predicted molar refractivity (Wildman–Crippen MR) is 78.6 cm³/mol. The third-order valence-corrected chi connectivity index (χ3v) is 3.65. The minimum atomic E-state index is 0.508. The van der Waals surface area contributed by atoms with Crippen LogP contribution in [0.2, 0.25) is 0 Å². The molecule has 0 aliphatic heterocycles. The van der Waals surface area contributed by atoms with Crippen LogP contribution in [0.15, 0.2) is 12.1 Å². The second kappa shape index (κ2) is 6.02. The van der Waals surface area contributed by atoms with Crippen molar-refractivity contribution in [1.29, 1.82) is 0 Å². The van der Waals surface area contributed by atoms with Gasteiger partial charge in [0.25, 0.3) is 0 Å². The van der Waals surface area contributed by atoms with E-state index in [4.69, 9.17) is 11.5 Å². The third-order valence-electron chi connectivity index (χ3n) is 3.65. The zero-order chi connectivity index (χ0) is 13.8. The molecule has 0 bridgehead atoms. The predicted octanol–water partition coefficient (Wildman–Crippen LogP) is 2.09. The van der Waals surface area contributed by atoms with E-state index in [0.29, 0.717) is 23.3 Å². The number of aromatic amines is 1. The number of imidazole rings is 1. The molecule has 0 fully saturated rings. The fraction of sp³-hybridized carbons (Fsp3) is 0.571. The van der Waals surface area contributed by atoms with Gasteiger partial charge in [0.05, 0.1) is 5.52 Å². The number of fused-ring (bicyclic) bond motifs is 1. The van der Waals surface area contributed by atoms with Crippen LogP contribution < -0.4 is 11.5 Å². The van der Waals surface area contributed by atoms with Crippen LogP contribution in [0.1, 0.15) is 32.5 Å². The van der Waals surface area contributed by atoms with E-state index in [1.165, 1.54) is 0 Å². The van der Waals surface area contributed by atoms with Gasteiger partial charge in [-0.25, -0.2) is 9.97 Å². The first-order valence-corrected chi connectivity index (χ1v) is 6.91. The number of H-pyrrole nitrogens is 1. The zero-order valence-corrected chi connectivity index (χ0v) is 11.7. The van der Waals surface area contributed by atoms with E-state index in [-0.39, 0.29) is 0 Å². The molecule has 0 spiro atoms. The molecule has 0 amide bonds. The summed E-state index contributed by atoms with van der Waals surface area (Å²) in [5.74, 6) is 2.79. The standard InChI is InChI=1S/C14H23N5/c1-9(2)10(7-8-15)3-6-13-17-11-4-5-12(16)18-14(11)19-13/h4-5,9-10H,3,6-8,15H2,1-2H3,(H3,16,17,18,19). The van der Waals surface area contributed by atoms with Gasteiger partial charge in [-0.15, -0.1) is 0 Å². The Kier molecular flexibility index (Phi) is 4.37. The van der Waals surface area contributed by atoms with Crippen LogP contribution in [0.4, 0.5) is 5.82 Å². The minimum absolute atomic E-state index is 0.508. The summed E-state index contributed by atoms with van der Waals surface area (Å²) in [6.07, 6.45) is 3.10. The number of nitrogen functional groups attached to an aromatic ring is 1. The van der Waals surface area contributed by atoms with Gasteiger partial charge in [0, 0.05) is 6.42 Å². The molecular formula is C14H23N5. The summed E-state index contributed by atoms with van der Waals surface area (Å²) in [5, 5.41) is 0. The van der Waals surface area contributed by atoms with Crippen molar-refractivity contribution in [2.24, 2.45) is 17.6 Å². The highest BCUT2D eigenvalue weighted by Gasteiger charge is 2.14. The highest BCUT2D eigenvalue weighted by Crippen LogP contribution is 2.21. The Morgan fingerprint density at radius 3 is 2.68 bits per heavy atom. The molecular weight excluding hydrogens is 238 g/mol. The number of rotatable bonds is 6. The molecule has 1 unspecified atom stereocenters. The lowest BCUT2D eigenvalue weighted by Crippen LogP contribution is -2.15. The van der Waals surface area contributed by atoms with Gasteiger partial charge in [-0.05, 0) is 43.4 Å². The highest BCUT2D eigenvalue weighted by molar-refractivity contribution is 5.72. The van der Waals surface area contributed by atoms with E-state index >= 15 is 0 Å². The Labute approximate surface area is 113 Å². The average molecular weight is 261 g/mol. The molecule has 2 heterocycles. The normalized spacial score (nSPS) is 13.3. The van der Waals surface area contributed by atoms with Gasteiger partial charge in [0.15, 0.2) is 5.65 Å². The second-order valence-electron chi connectivity index (χ2n) is 5.41. The van der Waals surface area contributed by atoms with Crippen LogP contribution in [-0.4, -0.2) is 21.5 Å². The van der Waals surface area contributed by atoms with Gasteiger partial charge in [0.1, 0.15) is 11.6 Å². The molecule has 5 heteroatoms. The summed E-state index contributed by atoms with van der Waals surface area (Å²) in [4.78, 5) is 12.0. The van der Waals surface area contributed by atoms with Crippen LogP contribution in [0, 0.1) is 11.8 Å². The Bertz CT molecular complexity index is 532. The van der Waals surface area contributed by atoms with Crippen molar-refractivity contribution < 1.29 is 0 Å². The molecule has 0 aliphatic rings. The van der Waals surface area contributed by atoms with E-state index < -0.39 is 0 Å². The molecule has 0 saturated heterocycles. The lowest BCUT2D eigenvalue weighted by Gasteiger charge is -2.19. The molecule has 1 atom stereocenters. The molecule has 104 valence electrons. The van der Waals surface area contributed by atoms with Gasteiger partial charge in [0.2, 0.25) is 0 Å². The topological polar surface area (TPSA) is 93.6 Å². The molecule has 2 aromatic heterocycles. The first kappa shape index (κ1) is 13.8. The molecule has 5 nitrogen and oxygen atoms in total. The smallest absolute Gasteiger partial charge is 0.179 e. The van der Waals surface area contributed by atoms with Crippen molar-refractivity contribution in [2.75, 3.05) is 12.3 Å². The Balaban J connectivity index is 2.04. The summed E-state index contributed by atoms with van der Waals surface area (Å²) in [7, 11) is 0. The van der Waals surface area contributed by atoms with Crippen LogP contribution in [0.25, 0.3) is 11.2 Å². The minimum Gasteiger partial charge on any atom is -0.384 e. The molecule has 0 saturated carbocycles. The number of hydrogen-bond acceptors (Lipinski definition) is 4. The third kappa shape index (κ3) is 3.44. The quantitative estimate of drug-likeness (QED) is 0.742. The van der Waals surface area contributed by atoms with E-state index in [2.05, 4.69) is 28.8 Å². The molecule has 0 aromatic carbocycles. The molecule has 0 aliphatic carbocycles. The van der Waals surface area contributed by atoms with Crippen molar-refractivity contribution in [3.8, 4) is 0 Å². The van der Waals surface area contributed by atoms with Gasteiger partial charge in [-0.3, -0.25) is 0 Å². The zero-order valence-electron chi connectivity index (χ0n) is 11.7. The lowest BCUT2D eigenvalue weighted by molar-refractivity contribution is 0.339. The maximum atomic E-state index is 5.67. The van der Waals surface area contributed by atoms with Gasteiger partial charge >= 0.3 is 0 Å². The monoisotopic (exact) mass is 261 g/mol. The molecule has 0 radical (unpaired) electrons. The van der Waals surface area contributed by atoms with Crippen LogP contribution in [0.3, 0.4) is 0 Å². The van der Waals surface area contributed by atoms with Crippen molar-refractivity contribution in [2.45, 2.75) is 33.1 Å². The number of nitrogens with one attached hydrogen (secondary N) is 1. The maximum absolute atomic E-state index is 5.67. The fourth-order valence-corrected chi connectivity index (χ4v) is 2.42. The van der Waals surface area contributed by atoms with E-state index in [1.807, 2.05) is 6.07 Å². The average Bonchev–Trinajstić information content (AvgIpc) is 2.75. The molecule has 2 rings (SSSR count). The summed E-state index contributed by atoms with van der Waals surface area (Å²) < 4.78 is 0. The Morgan fingerprint density at radius 1 is 1.21 bits per heavy atom. The van der Waals surface area contributed by atoms with E-state index in [9.17, 15) is 0 Å². The number of aryl methyl sites for hydroxylation is 1. The summed E-state index contributed by atoms with van der Waals surface area (Å²) >= 11 is 0. The Hall–Kier alpha value is -1.62. The van der Waals surface area contributed by atoms with Gasteiger partial charge < -0.3 is 16.5 Å². The molecule has 5 N–H and O–H groups in total. The van der Waals surface area contributed by atoms with Crippen molar-refractivity contribution in [3.63, 3.8) is 0 Å². The number of nitrogens with two attached hydrogens (primary N) is 2. The van der Waals surface area contributed by atoms with Crippen LogP contribution >= 0.6 is 0 Å². The van der Waals surface area contributed by atoms with Crippen LogP contribution in [-0.2, 0) is 6.42 Å². The van der Waals surface area contributed by atoms with Crippen molar-refractivity contribution in [3.05, 3.63) is 18.0 Å². The largest absolute Gasteiger partial charge is 0.384 e. The van der Waals surface area contributed by atoms with E-state index in [0.717, 1.165) is 37.1 Å². The van der Waals surface area contributed by atoms with Gasteiger partial charge in [-0.2, -0.15) is 0 Å². The lowest BCUT2D eigenvalue weighted by atomic mass is 9.88. The molecule has 2 aromatic rings. The highest BCUT2D eigenvalue weighted by atomic mass is 15.0. The Morgan fingerprint density at radius 2 is 2.00 bits per heavy atom. The summed E-state index contributed by atoms with van der Waals surface area (Å²) in [6, 6.07) is 3.71. The van der Waals surface area contributed by atoms with Crippen LogP contribution in [0.5, 0.6) is 0 Å². The van der Waals surface area contributed by atoms with E-state index in [1.54, 1.807) is 6.07 Å². The van der Waals surface area contributed by atoms with Gasteiger partial charge in [-0.1, -0.05) is 13.8 Å². The second-order valence-corrected chi connectivity index (χ2v) is 5.41. The van der Waals surface area contributed by atoms with Crippen molar-refractivity contribution >= 4 is 17.0 Å². The number of anilines is 1. The number of hydrogen-bond donors (Lipinski definition) is 3.